The summed E-state index contributed by atoms with van der Waals surface area (Å²) < 4.78 is 0. The molecule has 1 heteroatoms. The zero-order valence-corrected chi connectivity index (χ0v) is 17.8. The summed E-state index contributed by atoms with van der Waals surface area (Å²) in [5.74, 6) is 0.622. The molecular formula is C31H23N. The summed E-state index contributed by atoms with van der Waals surface area (Å²) >= 11 is 0. The average molecular weight is 410 g/mol. The molecule has 3 aliphatic carbocycles. The lowest BCUT2D eigenvalue weighted by atomic mass is 9.49. The van der Waals surface area contributed by atoms with Crippen molar-refractivity contribution in [3.05, 3.63) is 149 Å². The van der Waals surface area contributed by atoms with Gasteiger partial charge in [-0.3, -0.25) is 4.98 Å². The van der Waals surface area contributed by atoms with Crippen molar-refractivity contribution in [3.8, 4) is 0 Å². The van der Waals surface area contributed by atoms with Crippen molar-refractivity contribution in [2.45, 2.75) is 23.7 Å². The van der Waals surface area contributed by atoms with E-state index in [1.165, 1.54) is 38.9 Å². The van der Waals surface area contributed by atoms with E-state index < -0.39 is 0 Å². The Morgan fingerprint density at radius 3 is 1.88 bits per heavy atom. The van der Waals surface area contributed by atoms with Gasteiger partial charge in [-0.2, -0.15) is 0 Å². The molecule has 0 N–H and O–H groups in total. The number of para-hydroxylation sites is 1. The molecule has 32 heavy (non-hydrogen) atoms. The van der Waals surface area contributed by atoms with Gasteiger partial charge in [-0.25, -0.2) is 0 Å². The monoisotopic (exact) mass is 409 g/mol. The van der Waals surface area contributed by atoms with Gasteiger partial charge in [0.1, 0.15) is 0 Å². The van der Waals surface area contributed by atoms with Gasteiger partial charge in [-0.05, 0) is 46.4 Å². The molecule has 5 aromatic rings. The van der Waals surface area contributed by atoms with E-state index >= 15 is 0 Å². The van der Waals surface area contributed by atoms with Crippen LogP contribution in [-0.4, -0.2) is 4.98 Å². The highest BCUT2D eigenvalue weighted by atomic mass is 14.8. The van der Waals surface area contributed by atoms with Crippen LogP contribution in [0.15, 0.2) is 115 Å². The number of rotatable bonds is 2. The van der Waals surface area contributed by atoms with Gasteiger partial charge >= 0.3 is 0 Å². The van der Waals surface area contributed by atoms with E-state index in [9.17, 15) is 0 Å². The van der Waals surface area contributed by atoms with Crippen molar-refractivity contribution in [3.63, 3.8) is 0 Å². The number of pyridine rings is 1. The van der Waals surface area contributed by atoms with Crippen molar-refractivity contribution < 1.29 is 0 Å². The van der Waals surface area contributed by atoms with Gasteiger partial charge < -0.3 is 0 Å². The largest absolute Gasteiger partial charge is 0.252 e. The molecular weight excluding hydrogens is 386 g/mol. The second kappa shape index (κ2) is 6.64. The summed E-state index contributed by atoms with van der Waals surface area (Å²) in [6.45, 7) is 0. The molecule has 1 unspecified atom stereocenters. The molecule has 0 amide bonds. The van der Waals surface area contributed by atoms with Crippen molar-refractivity contribution in [1.29, 1.82) is 0 Å². The van der Waals surface area contributed by atoms with Crippen LogP contribution in [0.1, 0.15) is 51.8 Å². The first kappa shape index (κ1) is 17.9. The second-order valence-electron chi connectivity index (χ2n) is 9.17. The maximum Gasteiger partial charge on any atom is 0.0705 e. The molecule has 0 saturated heterocycles. The molecule has 1 atom stereocenters. The van der Waals surface area contributed by atoms with Crippen LogP contribution in [0.25, 0.3) is 10.9 Å². The minimum Gasteiger partial charge on any atom is -0.252 e. The SMILES string of the molecule is c1ccc(C2(c3ccc4ccccc4n3)CC3c4ccccc4C2c2ccccc23)cc1. The molecule has 4 aromatic carbocycles. The number of nitrogens with zero attached hydrogens (tertiary/aromatic N) is 1. The van der Waals surface area contributed by atoms with Gasteiger partial charge in [-0.1, -0.05) is 103 Å². The summed E-state index contributed by atoms with van der Waals surface area (Å²) in [5, 5.41) is 1.20. The highest BCUT2D eigenvalue weighted by Gasteiger charge is 2.55. The maximum atomic E-state index is 5.31. The zero-order valence-electron chi connectivity index (χ0n) is 17.8. The van der Waals surface area contributed by atoms with E-state index in [-0.39, 0.29) is 11.3 Å². The third-order valence-corrected chi connectivity index (χ3v) is 7.73. The summed E-state index contributed by atoms with van der Waals surface area (Å²) in [6, 6.07) is 42.3. The average Bonchev–Trinajstić information content (AvgIpc) is 2.89. The van der Waals surface area contributed by atoms with Crippen LogP contribution < -0.4 is 0 Å². The number of hydrogen-bond donors (Lipinski definition) is 0. The lowest BCUT2D eigenvalue weighted by Crippen LogP contribution is -2.46. The first-order chi connectivity index (χ1) is 15.9. The van der Waals surface area contributed by atoms with Crippen LogP contribution in [0.3, 0.4) is 0 Å². The van der Waals surface area contributed by atoms with Crippen LogP contribution in [0, 0.1) is 0 Å². The molecule has 152 valence electrons. The van der Waals surface area contributed by atoms with Gasteiger partial charge in [0.2, 0.25) is 0 Å². The summed E-state index contributed by atoms with van der Waals surface area (Å²) in [5.41, 5.74) is 9.32. The standard InChI is InChI=1S/C31H23N/c1-2-11-22(12-3-1)31(29-19-18-21-10-4-9-17-28(21)32-29)20-27-23-13-5-7-15-25(23)30(31)26-16-8-6-14-24(26)27/h1-19,27,30H,20H2. The first-order valence-electron chi connectivity index (χ1n) is 11.5. The van der Waals surface area contributed by atoms with Gasteiger partial charge in [0.25, 0.3) is 0 Å². The van der Waals surface area contributed by atoms with Crippen molar-refractivity contribution in [1.82, 2.24) is 4.98 Å². The van der Waals surface area contributed by atoms with Gasteiger partial charge in [0.15, 0.2) is 0 Å². The van der Waals surface area contributed by atoms with E-state index in [4.69, 9.17) is 4.98 Å². The topological polar surface area (TPSA) is 12.9 Å². The normalized spacial score (nSPS) is 23.0. The Hall–Kier alpha value is -3.71. The van der Waals surface area contributed by atoms with Crippen LogP contribution in [0.2, 0.25) is 0 Å². The minimum atomic E-state index is -0.196. The molecule has 1 heterocycles. The van der Waals surface area contributed by atoms with E-state index in [2.05, 4.69) is 115 Å². The Labute approximate surface area is 188 Å². The molecule has 0 spiro atoms. The molecule has 1 aromatic heterocycles. The molecule has 3 aliphatic rings. The van der Waals surface area contributed by atoms with Crippen LogP contribution in [0.5, 0.6) is 0 Å². The fourth-order valence-electron chi connectivity index (χ4n) is 6.44. The number of hydrogen-bond acceptors (Lipinski definition) is 1. The first-order valence-corrected chi connectivity index (χ1v) is 11.5. The van der Waals surface area contributed by atoms with E-state index in [0.29, 0.717) is 5.92 Å². The zero-order chi connectivity index (χ0) is 21.1. The van der Waals surface area contributed by atoms with Crippen molar-refractivity contribution in [2.75, 3.05) is 0 Å². The number of benzene rings is 4. The highest BCUT2D eigenvalue weighted by molar-refractivity contribution is 5.79. The fraction of sp³-hybridized carbons (Fsp3) is 0.129. The second-order valence-corrected chi connectivity index (χ2v) is 9.17. The van der Waals surface area contributed by atoms with Gasteiger partial charge in [-0.15, -0.1) is 0 Å². The van der Waals surface area contributed by atoms with Crippen LogP contribution in [-0.2, 0) is 5.41 Å². The smallest absolute Gasteiger partial charge is 0.0705 e. The lowest BCUT2D eigenvalue weighted by molar-refractivity contribution is 0.336. The minimum absolute atomic E-state index is 0.196. The highest BCUT2D eigenvalue weighted by Crippen LogP contribution is 2.63. The number of fused-ring (bicyclic) bond motifs is 2. The maximum absolute atomic E-state index is 5.31. The van der Waals surface area contributed by atoms with Gasteiger partial charge in [0.05, 0.1) is 11.2 Å². The number of aromatic nitrogens is 1. The van der Waals surface area contributed by atoms with Crippen LogP contribution >= 0.6 is 0 Å². The molecule has 1 nitrogen and oxygen atoms in total. The van der Waals surface area contributed by atoms with E-state index in [1.807, 2.05) is 0 Å². The molecule has 0 aliphatic heterocycles. The Morgan fingerprint density at radius 1 is 0.562 bits per heavy atom. The Morgan fingerprint density at radius 2 is 1.16 bits per heavy atom. The van der Waals surface area contributed by atoms with Gasteiger partial charge in [0, 0.05) is 22.6 Å². The molecule has 2 bridgehead atoms. The molecule has 0 radical (unpaired) electrons. The van der Waals surface area contributed by atoms with E-state index in [1.54, 1.807) is 0 Å². The Kier molecular flexibility index (Phi) is 3.72. The predicted octanol–water partition coefficient (Wildman–Crippen LogP) is 7.20. The van der Waals surface area contributed by atoms with Crippen LogP contribution in [0.4, 0.5) is 0 Å². The predicted molar refractivity (Wildman–Crippen MR) is 130 cm³/mol. The van der Waals surface area contributed by atoms with Crippen molar-refractivity contribution in [2.24, 2.45) is 0 Å². The molecule has 0 saturated carbocycles. The quantitative estimate of drug-likeness (QED) is 0.300. The Bertz CT molecular complexity index is 1420. The summed E-state index contributed by atoms with van der Waals surface area (Å²) in [6.07, 6.45) is 1.04. The molecule has 0 fully saturated rings. The third kappa shape index (κ3) is 2.31. The van der Waals surface area contributed by atoms with E-state index in [0.717, 1.165) is 11.9 Å². The van der Waals surface area contributed by atoms with Crippen molar-refractivity contribution >= 4 is 10.9 Å². The summed E-state index contributed by atoms with van der Waals surface area (Å²) in [4.78, 5) is 5.31. The fourth-order valence-corrected chi connectivity index (χ4v) is 6.44. The molecule has 8 rings (SSSR count). The lowest BCUT2D eigenvalue weighted by Gasteiger charge is -2.53. The third-order valence-electron chi connectivity index (χ3n) is 7.73. The Balaban J connectivity index is 1.59. The summed E-state index contributed by atoms with van der Waals surface area (Å²) in [7, 11) is 0.